The Morgan fingerprint density at radius 1 is 1.08 bits per heavy atom. The van der Waals surface area contributed by atoms with Gasteiger partial charge in [0.05, 0.1) is 5.56 Å². The van der Waals surface area contributed by atoms with Crippen LogP contribution in [0.15, 0.2) is 36.5 Å². The predicted molar refractivity (Wildman–Crippen MR) is 81.9 cm³/mol. The van der Waals surface area contributed by atoms with Gasteiger partial charge in [0.2, 0.25) is 5.95 Å². The highest BCUT2D eigenvalue weighted by atomic mass is 19.4. The molecule has 1 fully saturated rings. The maximum absolute atomic E-state index is 12.5. The van der Waals surface area contributed by atoms with E-state index in [0.717, 1.165) is 25.0 Å². The van der Waals surface area contributed by atoms with Gasteiger partial charge in [-0.25, -0.2) is 9.97 Å². The number of benzene rings is 1. The molecule has 1 aliphatic heterocycles. The Morgan fingerprint density at radius 2 is 1.75 bits per heavy atom. The summed E-state index contributed by atoms with van der Waals surface area (Å²) in [5, 5.41) is 2.81. The molecule has 1 aromatic carbocycles. The molecule has 5 nitrogen and oxygen atoms in total. The van der Waals surface area contributed by atoms with Crippen molar-refractivity contribution in [2.75, 3.05) is 18.4 Å². The number of anilines is 2. The van der Waals surface area contributed by atoms with Gasteiger partial charge in [-0.05, 0) is 43.2 Å². The molecule has 0 spiro atoms. The summed E-state index contributed by atoms with van der Waals surface area (Å²) in [5.74, 6) is 0.00479. The molecule has 0 unspecified atom stereocenters. The minimum absolute atomic E-state index is 0.162. The van der Waals surface area contributed by atoms with Crippen molar-refractivity contribution in [1.82, 2.24) is 14.9 Å². The first-order chi connectivity index (χ1) is 11.4. The van der Waals surface area contributed by atoms with Crippen LogP contribution in [0.1, 0.15) is 28.9 Å². The molecule has 24 heavy (non-hydrogen) atoms. The minimum atomic E-state index is -4.38. The Balaban J connectivity index is 1.73. The fraction of sp³-hybridized carbons (Fsp3) is 0.312. The first kappa shape index (κ1) is 16.2. The van der Waals surface area contributed by atoms with Gasteiger partial charge in [-0.15, -0.1) is 0 Å². The van der Waals surface area contributed by atoms with Crippen LogP contribution < -0.4 is 5.32 Å². The van der Waals surface area contributed by atoms with Crippen molar-refractivity contribution in [2.45, 2.75) is 19.0 Å². The van der Waals surface area contributed by atoms with Crippen LogP contribution in [0, 0.1) is 0 Å². The molecule has 3 rings (SSSR count). The summed E-state index contributed by atoms with van der Waals surface area (Å²) in [6.45, 7) is 1.43. The zero-order chi connectivity index (χ0) is 17.2. The van der Waals surface area contributed by atoms with Crippen molar-refractivity contribution < 1.29 is 18.0 Å². The van der Waals surface area contributed by atoms with Crippen LogP contribution in [-0.4, -0.2) is 33.9 Å². The van der Waals surface area contributed by atoms with Crippen molar-refractivity contribution in [2.24, 2.45) is 0 Å². The molecule has 1 aliphatic rings. The highest BCUT2D eigenvalue weighted by molar-refractivity contribution is 5.92. The summed E-state index contributed by atoms with van der Waals surface area (Å²) in [6.07, 6.45) is -0.971. The fourth-order valence-corrected chi connectivity index (χ4v) is 2.49. The maximum atomic E-state index is 12.5. The van der Waals surface area contributed by atoms with E-state index in [0.29, 0.717) is 18.8 Å². The minimum Gasteiger partial charge on any atom is -0.337 e. The summed E-state index contributed by atoms with van der Waals surface area (Å²) < 4.78 is 37.6. The highest BCUT2D eigenvalue weighted by Crippen LogP contribution is 2.30. The SMILES string of the molecule is O=C(c1ccnc(Nc2ccc(C(F)(F)F)cc2)n1)N1CCCC1. The number of halogens is 3. The number of rotatable bonds is 3. The van der Waals surface area contributed by atoms with Gasteiger partial charge in [0.25, 0.3) is 5.91 Å². The van der Waals surface area contributed by atoms with E-state index >= 15 is 0 Å². The monoisotopic (exact) mass is 336 g/mol. The van der Waals surface area contributed by atoms with E-state index in [2.05, 4.69) is 15.3 Å². The van der Waals surface area contributed by atoms with Crippen LogP contribution in [0.5, 0.6) is 0 Å². The molecule has 2 aromatic rings. The van der Waals surface area contributed by atoms with Crippen molar-refractivity contribution in [1.29, 1.82) is 0 Å². The van der Waals surface area contributed by atoms with Crippen LogP contribution >= 0.6 is 0 Å². The summed E-state index contributed by atoms with van der Waals surface area (Å²) >= 11 is 0. The standard InChI is InChI=1S/C16H15F3N4O/c17-16(18,19)11-3-5-12(6-4-11)21-15-20-8-7-13(22-15)14(24)23-9-1-2-10-23/h3-8H,1-2,9-10H2,(H,20,21,22). The largest absolute Gasteiger partial charge is 0.416 e. The van der Waals surface area contributed by atoms with Gasteiger partial charge in [-0.1, -0.05) is 0 Å². The lowest BCUT2D eigenvalue weighted by Crippen LogP contribution is -2.28. The van der Waals surface area contributed by atoms with E-state index in [4.69, 9.17) is 0 Å². The van der Waals surface area contributed by atoms with Gasteiger partial charge in [-0.2, -0.15) is 13.2 Å². The van der Waals surface area contributed by atoms with Crippen molar-refractivity contribution in [3.05, 3.63) is 47.8 Å². The van der Waals surface area contributed by atoms with Gasteiger partial charge >= 0.3 is 6.18 Å². The zero-order valence-corrected chi connectivity index (χ0v) is 12.7. The lowest BCUT2D eigenvalue weighted by molar-refractivity contribution is -0.137. The number of carbonyl (C=O) groups excluding carboxylic acids is 1. The molecule has 1 N–H and O–H groups in total. The van der Waals surface area contributed by atoms with E-state index in [9.17, 15) is 18.0 Å². The van der Waals surface area contributed by atoms with E-state index in [1.54, 1.807) is 4.90 Å². The van der Waals surface area contributed by atoms with E-state index in [1.165, 1.54) is 24.4 Å². The van der Waals surface area contributed by atoms with Gasteiger partial charge in [0.15, 0.2) is 0 Å². The zero-order valence-electron chi connectivity index (χ0n) is 12.7. The van der Waals surface area contributed by atoms with Crippen LogP contribution in [0.3, 0.4) is 0 Å². The molecular weight excluding hydrogens is 321 g/mol. The Kier molecular flexibility index (Phi) is 4.37. The second-order valence-corrected chi connectivity index (χ2v) is 5.46. The topological polar surface area (TPSA) is 58.1 Å². The third-order valence-corrected chi connectivity index (χ3v) is 3.74. The van der Waals surface area contributed by atoms with Gasteiger partial charge in [-0.3, -0.25) is 4.79 Å². The van der Waals surface area contributed by atoms with Crippen molar-refractivity contribution in [3.8, 4) is 0 Å². The first-order valence-electron chi connectivity index (χ1n) is 7.50. The Labute approximate surface area is 136 Å². The smallest absolute Gasteiger partial charge is 0.337 e. The Bertz CT molecular complexity index is 725. The number of aromatic nitrogens is 2. The van der Waals surface area contributed by atoms with Crippen LogP contribution in [0.25, 0.3) is 0 Å². The molecule has 1 aromatic heterocycles. The Morgan fingerprint density at radius 3 is 2.38 bits per heavy atom. The van der Waals surface area contributed by atoms with Crippen LogP contribution in [-0.2, 0) is 6.18 Å². The first-order valence-corrected chi connectivity index (χ1v) is 7.50. The van der Waals surface area contributed by atoms with E-state index in [-0.39, 0.29) is 17.5 Å². The van der Waals surface area contributed by atoms with E-state index in [1.807, 2.05) is 0 Å². The maximum Gasteiger partial charge on any atom is 0.416 e. The number of hydrogen-bond acceptors (Lipinski definition) is 4. The Hall–Kier alpha value is -2.64. The molecule has 0 radical (unpaired) electrons. The van der Waals surface area contributed by atoms with Gasteiger partial charge in [0.1, 0.15) is 5.69 Å². The van der Waals surface area contributed by atoms with Crippen molar-refractivity contribution >= 4 is 17.5 Å². The summed E-state index contributed by atoms with van der Waals surface area (Å²) in [6, 6.07) is 6.06. The van der Waals surface area contributed by atoms with Gasteiger partial charge in [0, 0.05) is 25.0 Å². The molecular formula is C16H15F3N4O. The fourth-order valence-electron chi connectivity index (χ4n) is 2.49. The molecule has 8 heteroatoms. The molecule has 0 bridgehead atoms. The third-order valence-electron chi connectivity index (χ3n) is 3.74. The quantitative estimate of drug-likeness (QED) is 0.932. The molecule has 0 aliphatic carbocycles. The summed E-state index contributed by atoms with van der Waals surface area (Å²) in [4.78, 5) is 22.2. The number of alkyl halides is 3. The normalized spacial score (nSPS) is 14.7. The van der Waals surface area contributed by atoms with Gasteiger partial charge < -0.3 is 10.2 Å². The van der Waals surface area contributed by atoms with Crippen LogP contribution in [0.4, 0.5) is 24.8 Å². The molecule has 0 atom stereocenters. The highest BCUT2D eigenvalue weighted by Gasteiger charge is 2.30. The summed E-state index contributed by atoms with van der Waals surface area (Å²) in [5.41, 5.74) is -0.0537. The second-order valence-electron chi connectivity index (χ2n) is 5.46. The third kappa shape index (κ3) is 3.64. The number of nitrogens with one attached hydrogen (secondary N) is 1. The number of nitrogens with zero attached hydrogens (tertiary/aromatic N) is 3. The number of carbonyl (C=O) groups is 1. The number of amides is 1. The molecule has 1 amide bonds. The van der Waals surface area contributed by atoms with Crippen LogP contribution in [0.2, 0.25) is 0 Å². The number of likely N-dealkylation sites (tertiary alicyclic amines) is 1. The summed E-state index contributed by atoms with van der Waals surface area (Å²) in [7, 11) is 0. The molecule has 1 saturated heterocycles. The second kappa shape index (κ2) is 6.46. The lowest BCUT2D eigenvalue weighted by Gasteiger charge is -2.15. The number of hydrogen-bond donors (Lipinski definition) is 1. The molecule has 126 valence electrons. The average Bonchev–Trinajstić information content (AvgIpc) is 3.08. The van der Waals surface area contributed by atoms with E-state index < -0.39 is 11.7 Å². The lowest BCUT2D eigenvalue weighted by atomic mass is 10.2. The average molecular weight is 336 g/mol. The van der Waals surface area contributed by atoms with Crippen molar-refractivity contribution in [3.63, 3.8) is 0 Å². The molecule has 2 heterocycles. The predicted octanol–water partition coefficient (Wildman–Crippen LogP) is 3.48. The molecule has 0 saturated carbocycles.